The molecule has 0 fully saturated rings. The first kappa shape index (κ1) is 19.3. The normalized spacial score (nSPS) is 12.2. The van der Waals surface area contributed by atoms with Crippen LogP contribution in [0.25, 0.3) is 0 Å². The van der Waals surface area contributed by atoms with Crippen molar-refractivity contribution in [3.8, 4) is 5.75 Å². The number of rotatable bonds is 3. The van der Waals surface area contributed by atoms with Gasteiger partial charge in [0.25, 0.3) is 0 Å². The van der Waals surface area contributed by atoms with Crippen molar-refractivity contribution in [3.63, 3.8) is 0 Å². The molecule has 0 aromatic heterocycles. The van der Waals surface area contributed by atoms with Crippen molar-refractivity contribution in [3.05, 3.63) is 52.0 Å². The summed E-state index contributed by atoms with van der Waals surface area (Å²) < 4.78 is 26.0. The molecule has 5 nitrogen and oxygen atoms in total. The van der Waals surface area contributed by atoms with E-state index in [1.54, 1.807) is 20.8 Å². The first-order valence-corrected chi connectivity index (χ1v) is 9.34. The van der Waals surface area contributed by atoms with E-state index >= 15 is 0 Å². The molecule has 0 bridgehead atoms. The van der Waals surface area contributed by atoms with Gasteiger partial charge in [-0.3, -0.25) is 0 Å². The Morgan fingerprint density at radius 2 is 1.64 bits per heavy atom. The number of sulfone groups is 1. The minimum Gasteiger partial charge on any atom is -0.507 e. The van der Waals surface area contributed by atoms with E-state index in [0.717, 1.165) is 0 Å². The van der Waals surface area contributed by atoms with Crippen molar-refractivity contribution < 1.29 is 23.4 Å². The maximum absolute atomic E-state index is 13.0. The third kappa shape index (κ3) is 3.50. The second kappa shape index (κ2) is 6.35. The van der Waals surface area contributed by atoms with Gasteiger partial charge in [-0.2, -0.15) is 0 Å². The van der Waals surface area contributed by atoms with Gasteiger partial charge in [0, 0.05) is 10.6 Å². The SMILES string of the molecule is Cc1c(S(=O)(=O)c2ccc(Cl)cc2)cc(C(C)(C)C)c(O)c1C(=O)O. The highest BCUT2D eigenvalue weighted by atomic mass is 35.5. The van der Waals surface area contributed by atoms with Crippen LogP contribution < -0.4 is 0 Å². The van der Waals surface area contributed by atoms with Crippen LogP contribution in [0, 0.1) is 6.92 Å². The number of carboxylic acids is 1. The molecule has 0 heterocycles. The van der Waals surface area contributed by atoms with Gasteiger partial charge in [0.15, 0.2) is 0 Å². The van der Waals surface area contributed by atoms with Gasteiger partial charge < -0.3 is 10.2 Å². The van der Waals surface area contributed by atoms with E-state index in [2.05, 4.69) is 0 Å². The molecule has 2 N–H and O–H groups in total. The van der Waals surface area contributed by atoms with Crippen LogP contribution in [0.2, 0.25) is 5.02 Å². The minimum absolute atomic E-state index is 0.00175. The van der Waals surface area contributed by atoms with E-state index in [1.807, 2.05) is 0 Å². The summed E-state index contributed by atoms with van der Waals surface area (Å²) in [7, 11) is -3.98. The third-order valence-corrected chi connectivity index (χ3v) is 6.10. The first-order chi connectivity index (χ1) is 11.4. The summed E-state index contributed by atoms with van der Waals surface area (Å²) in [5.41, 5.74) is -0.803. The second-order valence-electron chi connectivity index (χ2n) is 6.78. The van der Waals surface area contributed by atoms with Crippen LogP contribution in [-0.2, 0) is 15.3 Å². The van der Waals surface area contributed by atoms with E-state index in [9.17, 15) is 23.4 Å². The van der Waals surface area contributed by atoms with E-state index < -0.39 is 32.5 Å². The van der Waals surface area contributed by atoms with Crippen LogP contribution in [0.3, 0.4) is 0 Å². The van der Waals surface area contributed by atoms with E-state index in [1.165, 1.54) is 37.3 Å². The molecule has 2 aromatic carbocycles. The Morgan fingerprint density at radius 1 is 1.12 bits per heavy atom. The standard InChI is InChI=1S/C18H19ClO5S/c1-10-14(25(23,24)12-7-5-11(19)6-8-12)9-13(18(2,3)4)16(20)15(10)17(21)22/h5-9,20H,1-4H3,(H,21,22). The average molecular weight is 383 g/mol. The molecule has 0 aliphatic rings. The van der Waals surface area contributed by atoms with Crippen LogP contribution in [-0.4, -0.2) is 24.6 Å². The molecule has 0 saturated carbocycles. The number of hydrogen-bond acceptors (Lipinski definition) is 4. The van der Waals surface area contributed by atoms with Crippen LogP contribution >= 0.6 is 11.6 Å². The van der Waals surface area contributed by atoms with Crippen molar-refractivity contribution in [2.45, 2.75) is 42.9 Å². The maximum Gasteiger partial charge on any atom is 0.339 e. The topological polar surface area (TPSA) is 91.7 Å². The Balaban J connectivity index is 2.88. The summed E-state index contributed by atoms with van der Waals surface area (Å²) in [6.45, 7) is 6.67. The van der Waals surface area contributed by atoms with Gasteiger partial charge in [-0.15, -0.1) is 0 Å². The Bertz CT molecular complexity index is 939. The summed E-state index contributed by atoms with van der Waals surface area (Å²) >= 11 is 5.81. The lowest BCUT2D eigenvalue weighted by Gasteiger charge is -2.24. The van der Waals surface area contributed by atoms with Gasteiger partial charge in [0.2, 0.25) is 9.84 Å². The second-order valence-corrected chi connectivity index (χ2v) is 9.14. The highest BCUT2D eigenvalue weighted by Crippen LogP contribution is 2.39. The van der Waals surface area contributed by atoms with Gasteiger partial charge in [0.1, 0.15) is 11.3 Å². The number of halogens is 1. The predicted octanol–water partition coefficient (Wildman–Crippen LogP) is 4.18. The predicted molar refractivity (Wildman–Crippen MR) is 95.4 cm³/mol. The summed E-state index contributed by atoms with van der Waals surface area (Å²) in [6, 6.07) is 6.98. The highest BCUT2D eigenvalue weighted by Gasteiger charge is 2.31. The molecule has 2 rings (SSSR count). The van der Waals surface area contributed by atoms with Crippen LogP contribution in [0.1, 0.15) is 42.3 Å². The Morgan fingerprint density at radius 3 is 2.08 bits per heavy atom. The fourth-order valence-electron chi connectivity index (χ4n) is 2.60. The molecule has 0 amide bonds. The van der Waals surface area contributed by atoms with E-state index in [0.29, 0.717) is 5.02 Å². The number of carbonyl (C=O) groups is 1. The number of hydrogen-bond donors (Lipinski definition) is 2. The van der Waals surface area contributed by atoms with Gasteiger partial charge in [0.05, 0.1) is 9.79 Å². The van der Waals surface area contributed by atoms with Crippen LogP contribution in [0.15, 0.2) is 40.1 Å². The summed E-state index contributed by atoms with van der Waals surface area (Å²) in [4.78, 5) is 11.5. The molecule has 2 aromatic rings. The van der Waals surface area contributed by atoms with Gasteiger partial charge in [-0.05, 0) is 48.2 Å². The van der Waals surface area contributed by atoms with Crippen molar-refractivity contribution in [1.82, 2.24) is 0 Å². The molecule has 7 heteroatoms. The zero-order chi connectivity index (χ0) is 19.2. The van der Waals surface area contributed by atoms with Crippen LogP contribution in [0.4, 0.5) is 0 Å². The Labute approximate surface area is 151 Å². The number of carboxylic acid groups (broad SMARTS) is 1. The van der Waals surface area contributed by atoms with Crippen LogP contribution in [0.5, 0.6) is 5.75 Å². The van der Waals surface area contributed by atoms with Crippen molar-refractivity contribution in [2.75, 3.05) is 0 Å². The Kier molecular flexibility index (Phi) is 4.90. The lowest BCUT2D eigenvalue weighted by Crippen LogP contribution is -2.17. The smallest absolute Gasteiger partial charge is 0.339 e. The molecule has 0 radical (unpaired) electrons. The molecular formula is C18H19ClO5S. The average Bonchev–Trinajstić information content (AvgIpc) is 2.45. The summed E-state index contributed by atoms with van der Waals surface area (Å²) in [5.74, 6) is -1.79. The molecule has 25 heavy (non-hydrogen) atoms. The van der Waals surface area contributed by atoms with Crippen molar-refractivity contribution in [2.24, 2.45) is 0 Å². The highest BCUT2D eigenvalue weighted by molar-refractivity contribution is 7.91. The monoisotopic (exact) mass is 382 g/mol. The minimum atomic E-state index is -3.98. The molecule has 0 spiro atoms. The molecule has 134 valence electrons. The van der Waals surface area contributed by atoms with Gasteiger partial charge in [-0.25, -0.2) is 13.2 Å². The fraction of sp³-hybridized carbons (Fsp3) is 0.278. The number of benzene rings is 2. The quantitative estimate of drug-likeness (QED) is 0.830. The Hall–Kier alpha value is -2.05. The van der Waals surface area contributed by atoms with Crippen molar-refractivity contribution in [1.29, 1.82) is 0 Å². The number of aromatic carboxylic acids is 1. The largest absolute Gasteiger partial charge is 0.507 e. The van der Waals surface area contributed by atoms with E-state index in [-0.39, 0.29) is 20.9 Å². The van der Waals surface area contributed by atoms with E-state index in [4.69, 9.17) is 11.6 Å². The molecular weight excluding hydrogens is 364 g/mol. The fourth-order valence-corrected chi connectivity index (χ4v) is 4.25. The molecule has 0 aliphatic carbocycles. The first-order valence-electron chi connectivity index (χ1n) is 7.48. The molecule has 0 saturated heterocycles. The zero-order valence-corrected chi connectivity index (χ0v) is 15.9. The summed E-state index contributed by atoms with van der Waals surface area (Å²) in [6.07, 6.45) is 0. The van der Waals surface area contributed by atoms with Gasteiger partial charge in [-0.1, -0.05) is 32.4 Å². The maximum atomic E-state index is 13.0. The number of aromatic hydroxyl groups is 1. The van der Waals surface area contributed by atoms with Gasteiger partial charge >= 0.3 is 5.97 Å². The van der Waals surface area contributed by atoms with Crippen molar-refractivity contribution >= 4 is 27.4 Å². The lowest BCUT2D eigenvalue weighted by molar-refractivity contribution is 0.0692. The third-order valence-electron chi connectivity index (χ3n) is 3.95. The zero-order valence-electron chi connectivity index (χ0n) is 14.3. The molecule has 0 atom stereocenters. The molecule has 0 unspecified atom stereocenters. The molecule has 0 aliphatic heterocycles. The lowest BCUT2D eigenvalue weighted by atomic mass is 9.84. The summed E-state index contributed by atoms with van der Waals surface area (Å²) in [5, 5.41) is 20.2. The number of phenols is 1.